The van der Waals surface area contributed by atoms with E-state index in [4.69, 9.17) is 9.47 Å². The second-order valence-electron chi connectivity index (χ2n) is 6.92. The molecule has 0 bridgehead atoms. The predicted molar refractivity (Wildman–Crippen MR) is 114 cm³/mol. The first-order valence-corrected chi connectivity index (χ1v) is 9.53. The number of aryl methyl sites for hydroxylation is 2. The Morgan fingerprint density at radius 1 is 1.03 bits per heavy atom. The van der Waals surface area contributed by atoms with Crippen LogP contribution in [0.2, 0.25) is 0 Å². The average molecular weight is 391 g/mol. The summed E-state index contributed by atoms with van der Waals surface area (Å²) in [5.74, 6) is -0.0246. The lowest BCUT2D eigenvalue weighted by molar-refractivity contribution is -0.136. The fraction of sp³-hybridized carbons (Fsp3) is 0.250. The van der Waals surface area contributed by atoms with E-state index in [9.17, 15) is 9.59 Å². The molecule has 0 saturated carbocycles. The van der Waals surface area contributed by atoms with E-state index < -0.39 is 5.97 Å². The summed E-state index contributed by atoms with van der Waals surface area (Å²) in [5, 5.41) is 0. The molecule has 2 aromatic carbocycles. The molecule has 150 valence electrons. The minimum absolute atomic E-state index is 0.250. The lowest BCUT2D eigenvalue weighted by Gasteiger charge is -2.19. The molecule has 0 fully saturated rings. The van der Waals surface area contributed by atoms with E-state index in [1.165, 1.54) is 7.11 Å². The van der Waals surface area contributed by atoms with E-state index in [0.717, 1.165) is 28.1 Å². The van der Waals surface area contributed by atoms with E-state index in [-0.39, 0.29) is 11.5 Å². The Morgan fingerprint density at radius 3 is 2.31 bits per heavy atom. The molecule has 0 aromatic heterocycles. The van der Waals surface area contributed by atoms with Gasteiger partial charge in [-0.15, -0.1) is 0 Å². The van der Waals surface area contributed by atoms with Crippen LogP contribution in [-0.2, 0) is 14.3 Å². The van der Waals surface area contributed by atoms with Crippen molar-refractivity contribution >= 4 is 23.6 Å². The van der Waals surface area contributed by atoms with Crippen LogP contribution >= 0.6 is 0 Å². The average Bonchev–Trinajstić information content (AvgIpc) is 2.95. The molecule has 0 N–H and O–H groups in total. The summed E-state index contributed by atoms with van der Waals surface area (Å²) in [6.45, 7) is 8.28. The normalized spacial score (nSPS) is 15.3. The van der Waals surface area contributed by atoms with Gasteiger partial charge in [0.25, 0.3) is 5.91 Å². The van der Waals surface area contributed by atoms with Crippen LogP contribution in [0.15, 0.2) is 59.3 Å². The van der Waals surface area contributed by atoms with Gasteiger partial charge >= 0.3 is 5.97 Å². The van der Waals surface area contributed by atoms with Gasteiger partial charge in [-0.3, -0.25) is 9.69 Å². The van der Waals surface area contributed by atoms with Crippen LogP contribution in [0, 0.1) is 13.8 Å². The number of hydrogen-bond donors (Lipinski definition) is 0. The summed E-state index contributed by atoms with van der Waals surface area (Å²) in [7, 11) is 1.32. The van der Waals surface area contributed by atoms with Crippen LogP contribution in [0.1, 0.15) is 30.5 Å². The Labute approximate surface area is 171 Å². The third kappa shape index (κ3) is 3.94. The molecule has 0 unspecified atom stereocenters. The van der Waals surface area contributed by atoms with Gasteiger partial charge in [-0.1, -0.05) is 18.2 Å². The first kappa shape index (κ1) is 20.4. The number of methoxy groups -OCH3 is 1. The van der Waals surface area contributed by atoms with E-state index in [1.807, 2.05) is 63.2 Å². The quantitative estimate of drug-likeness (QED) is 0.553. The number of rotatable bonds is 5. The Hall–Kier alpha value is -3.34. The Kier molecular flexibility index (Phi) is 5.87. The highest BCUT2D eigenvalue weighted by atomic mass is 16.5. The summed E-state index contributed by atoms with van der Waals surface area (Å²) in [5.41, 5.74) is 4.90. The molecule has 29 heavy (non-hydrogen) atoms. The monoisotopic (exact) mass is 391 g/mol. The van der Waals surface area contributed by atoms with Crippen LogP contribution in [0.5, 0.6) is 5.75 Å². The molecule has 1 heterocycles. The van der Waals surface area contributed by atoms with Crippen molar-refractivity contribution in [3.05, 3.63) is 76.0 Å². The molecular formula is C24H25NO4. The number of ether oxygens (including phenoxy) is 2. The molecule has 5 nitrogen and oxygen atoms in total. The van der Waals surface area contributed by atoms with Crippen LogP contribution in [-0.4, -0.2) is 25.6 Å². The molecule has 2 aromatic rings. The zero-order chi connectivity index (χ0) is 21.1. The van der Waals surface area contributed by atoms with Gasteiger partial charge in [0, 0.05) is 11.4 Å². The van der Waals surface area contributed by atoms with Crippen molar-refractivity contribution in [2.75, 3.05) is 18.6 Å². The van der Waals surface area contributed by atoms with Crippen molar-refractivity contribution in [2.45, 2.75) is 27.7 Å². The highest BCUT2D eigenvalue weighted by molar-refractivity contribution is 6.23. The lowest BCUT2D eigenvalue weighted by atomic mass is 10.0. The van der Waals surface area contributed by atoms with Crippen molar-refractivity contribution in [1.29, 1.82) is 0 Å². The third-order valence-corrected chi connectivity index (χ3v) is 5.04. The number of hydrogen-bond acceptors (Lipinski definition) is 4. The molecule has 0 atom stereocenters. The summed E-state index contributed by atoms with van der Waals surface area (Å²) in [6.07, 6.45) is 1.72. The van der Waals surface area contributed by atoms with Crippen LogP contribution in [0.4, 0.5) is 5.69 Å². The largest absolute Gasteiger partial charge is 0.494 e. The molecule has 5 heteroatoms. The van der Waals surface area contributed by atoms with Gasteiger partial charge < -0.3 is 9.47 Å². The fourth-order valence-electron chi connectivity index (χ4n) is 3.35. The number of nitrogens with zero attached hydrogens (tertiary/aromatic N) is 1. The smallest absolute Gasteiger partial charge is 0.340 e. The molecule has 0 saturated heterocycles. The molecule has 0 radical (unpaired) electrons. The Bertz CT molecular complexity index is 1020. The van der Waals surface area contributed by atoms with Crippen LogP contribution in [0.3, 0.4) is 0 Å². The molecule has 1 aliphatic heterocycles. The summed E-state index contributed by atoms with van der Waals surface area (Å²) in [6, 6.07) is 13.2. The number of carbonyl (C=O) groups excluding carboxylic acids is 2. The van der Waals surface area contributed by atoms with Crippen molar-refractivity contribution in [2.24, 2.45) is 0 Å². The van der Waals surface area contributed by atoms with Gasteiger partial charge in [0.05, 0.1) is 24.9 Å². The SMILES string of the molecule is CCOc1ccc(C=C2C(=O)N(c3ccc(C)c(C)c3)C(C)=C2C(=O)OC)cc1. The van der Waals surface area contributed by atoms with Gasteiger partial charge in [-0.2, -0.15) is 0 Å². The maximum absolute atomic E-state index is 13.3. The summed E-state index contributed by atoms with van der Waals surface area (Å²) < 4.78 is 10.4. The maximum atomic E-state index is 13.3. The standard InChI is InChI=1S/C24H25NO4/c1-6-29-20-11-8-18(9-12-20)14-21-22(24(27)28-5)17(4)25(23(21)26)19-10-7-15(2)16(3)13-19/h7-14H,6H2,1-5H3. The van der Waals surface area contributed by atoms with Crippen molar-refractivity contribution in [3.63, 3.8) is 0 Å². The first-order chi connectivity index (χ1) is 13.9. The molecular weight excluding hydrogens is 366 g/mol. The number of anilines is 1. The number of amides is 1. The van der Waals surface area contributed by atoms with E-state index in [2.05, 4.69) is 0 Å². The zero-order valence-electron chi connectivity index (χ0n) is 17.4. The first-order valence-electron chi connectivity index (χ1n) is 9.53. The topological polar surface area (TPSA) is 55.8 Å². The molecule has 3 rings (SSSR count). The number of benzene rings is 2. The third-order valence-electron chi connectivity index (χ3n) is 5.04. The highest BCUT2D eigenvalue weighted by Crippen LogP contribution is 2.36. The number of carbonyl (C=O) groups is 2. The summed E-state index contributed by atoms with van der Waals surface area (Å²) in [4.78, 5) is 27.4. The summed E-state index contributed by atoms with van der Waals surface area (Å²) >= 11 is 0. The van der Waals surface area contributed by atoms with Gasteiger partial charge in [0.15, 0.2) is 0 Å². The minimum atomic E-state index is -0.528. The van der Waals surface area contributed by atoms with Gasteiger partial charge in [0.1, 0.15) is 5.75 Å². The van der Waals surface area contributed by atoms with Crippen molar-refractivity contribution in [1.82, 2.24) is 0 Å². The number of esters is 1. The Balaban J connectivity index is 2.07. The molecule has 1 aliphatic rings. The van der Waals surface area contributed by atoms with E-state index in [0.29, 0.717) is 17.9 Å². The second-order valence-corrected chi connectivity index (χ2v) is 6.92. The molecule has 0 aliphatic carbocycles. The van der Waals surface area contributed by atoms with Crippen molar-refractivity contribution in [3.8, 4) is 5.75 Å². The minimum Gasteiger partial charge on any atom is -0.494 e. The molecule has 0 spiro atoms. The predicted octanol–water partition coefficient (Wildman–Crippen LogP) is 4.58. The van der Waals surface area contributed by atoms with Crippen molar-refractivity contribution < 1.29 is 19.1 Å². The molecule has 1 amide bonds. The van der Waals surface area contributed by atoms with Crippen LogP contribution < -0.4 is 9.64 Å². The number of allylic oxidation sites excluding steroid dienone is 1. The van der Waals surface area contributed by atoms with Gasteiger partial charge in [-0.05, 0) is 74.7 Å². The van der Waals surface area contributed by atoms with Gasteiger partial charge in [0.2, 0.25) is 0 Å². The van der Waals surface area contributed by atoms with Crippen LogP contribution in [0.25, 0.3) is 6.08 Å². The van der Waals surface area contributed by atoms with Gasteiger partial charge in [-0.25, -0.2) is 4.79 Å². The highest BCUT2D eigenvalue weighted by Gasteiger charge is 2.37. The Morgan fingerprint density at radius 2 is 1.72 bits per heavy atom. The zero-order valence-corrected chi connectivity index (χ0v) is 17.4. The van der Waals surface area contributed by atoms with E-state index in [1.54, 1.807) is 17.9 Å². The second kappa shape index (κ2) is 8.35. The maximum Gasteiger partial charge on any atom is 0.340 e. The van der Waals surface area contributed by atoms with E-state index >= 15 is 0 Å². The lowest BCUT2D eigenvalue weighted by Crippen LogP contribution is -2.24. The fourth-order valence-corrected chi connectivity index (χ4v) is 3.35.